The van der Waals surface area contributed by atoms with E-state index in [0.29, 0.717) is 12.5 Å². The highest BCUT2D eigenvalue weighted by Gasteiger charge is 2.46. The summed E-state index contributed by atoms with van der Waals surface area (Å²) in [4.78, 5) is 26.1. The van der Waals surface area contributed by atoms with Gasteiger partial charge in [-0.3, -0.25) is 0 Å². The average Bonchev–Trinajstić information content (AvgIpc) is 3.43. The van der Waals surface area contributed by atoms with E-state index in [-0.39, 0.29) is 17.3 Å². The van der Waals surface area contributed by atoms with Crippen LogP contribution >= 0.6 is 0 Å². The average molecular weight is 555 g/mol. The molecule has 2 aliphatic heterocycles. The number of rotatable bonds is 5. The number of likely N-dealkylation sites (tertiary alicyclic amines) is 1. The summed E-state index contributed by atoms with van der Waals surface area (Å²) in [5.41, 5.74) is 7.35. The van der Waals surface area contributed by atoms with E-state index in [1.54, 1.807) is 18.5 Å². The Kier molecular flexibility index (Phi) is 6.87. The summed E-state index contributed by atoms with van der Waals surface area (Å²) in [5, 5.41) is 0. The van der Waals surface area contributed by atoms with Crippen molar-refractivity contribution in [3.05, 3.63) is 77.5 Å². The predicted molar refractivity (Wildman–Crippen MR) is 161 cm³/mol. The Hall–Kier alpha value is -3.74. The highest BCUT2D eigenvalue weighted by atomic mass is 19.1. The molecule has 7 heteroatoms. The van der Waals surface area contributed by atoms with Crippen LogP contribution in [0.2, 0.25) is 0 Å². The molecule has 214 valence electrons. The summed E-state index contributed by atoms with van der Waals surface area (Å²) < 4.78 is 20.2. The van der Waals surface area contributed by atoms with Gasteiger partial charge in [-0.1, -0.05) is 44.2 Å². The van der Waals surface area contributed by atoms with Crippen LogP contribution < -0.4 is 4.90 Å². The second-order valence-corrected chi connectivity index (χ2v) is 13.1. The fourth-order valence-electron chi connectivity index (χ4n) is 6.55. The predicted octanol–water partition coefficient (Wildman–Crippen LogP) is 7.56. The number of allylic oxidation sites excluding steroid dienone is 2. The minimum Gasteiger partial charge on any atom is -0.444 e. The number of carbonyl (C=O) groups excluding carboxylic acids is 1. The molecule has 2 fully saturated rings. The molecule has 1 spiro atoms. The zero-order chi connectivity index (χ0) is 28.9. The lowest BCUT2D eigenvalue weighted by atomic mass is 9.86. The summed E-state index contributed by atoms with van der Waals surface area (Å²) in [7, 11) is 0. The van der Waals surface area contributed by atoms with Crippen LogP contribution in [0.5, 0.6) is 0 Å². The van der Waals surface area contributed by atoms with Crippen LogP contribution in [0.4, 0.5) is 15.0 Å². The van der Waals surface area contributed by atoms with Crippen molar-refractivity contribution >= 4 is 23.1 Å². The van der Waals surface area contributed by atoms with Crippen LogP contribution in [0.15, 0.2) is 55.0 Å². The Morgan fingerprint density at radius 2 is 1.73 bits per heavy atom. The maximum Gasteiger partial charge on any atom is 0.410 e. The number of hydrogen-bond donors (Lipinski definition) is 0. The molecular formula is C34H39FN4O2. The monoisotopic (exact) mass is 554 g/mol. The molecule has 0 radical (unpaired) electrons. The molecule has 0 N–H and O–H groups in total. The number of nitrogens with zero attached hydrogens (tertiary/aromatic N) is 4. The molecule has 6 rings (SSSR count). The SMILES string of the molecule is CC(C)c1ccccc1-c1cc(F)ccc1C1=C(c2cncnc2N2CCC3(CCN(C(=O)OC(C)(C)C)C3)C2)C1. The molecule has 2 aromatic carbocycles. The van der Waals surface area contributed by atoms with Gasteiger partial charge < -0.3 is 14.5 Å². The molecule has 1 unspecified atom stereocenters. The maximum atomic E-state index is 14.6. The van der Waals surface area contributed by atoms with Crippen molar-refractivity contribution in [3.63, 3.8) is 0 Å². The molecule has 1 aliphatic carbocycles. The van der Waals surface area contributed by atoms with Crippen molar-refractivity contribution in [3.8, 4) is 11.1 Å². The van der Waals surface area contributed by atoms with E-state index >= 15 is 0 Å². The zero-order valence-electron chi connectivity index (χ0n) is 24.7. The van der Waals surface area contributed by atoms with Crippen molar-refractivity contribution in [1.82, 2.24) is 14.9 Å². The van der Waals surface area contributed by atoms with Crippen LogP contribution in [-0.2, 0) is 4.74 Å². The van der Waals surface area contributed by atoms with Crippen molar-refractivity contribution < 1.29 is 13.9 Å². The minimum atomic E-state index is -0.499. The highest BCUT2D eigenvalue weighted by molar-refractivity contribution is 6.12. The Morgan fingerprint density at radius 1 is 0.976 bits per heavy atom. The van der Waals surface area contributed by atoms with Crippen molar-refractivity contribution in [2.45, 2.75) is 65.4 Å². The Balaban J connectivity index is 1.27. The van der Waals surface area contributed by atoms with Gasteiger partial charge in [-0.2, -0.15) is 0 Å². The van der Waals surface area contributed by atoms with Crippen LogP contribution in [-0.4, -0.2) is 52.7 Å². The van der Waals surface area contributed by atoms with Crippen LogP contribution in [0.25, 0.3) is 22.3 Å². The second kappa shape index (κ2) is 10.3. The van der Waals surface area contributed by atoms with Gasteiger partial charge in [0.1, 0.15) is 23.6 Å². The number of halogens is 1. The van der Waals surface area contributed by atoms with Gasteiger partial charge in [0.15, 0.2) is 0 Å². The van der Waals surface area contributed by atoms with Crippen LogP contribution in [0, 0.1) is 11.2 Å². The molecular weight excluding hydrogens is 515 g/mol. The van der Waals surface area contributed by atoms with E-state index in [1.165, 1.54) is 16.7 Å². The van der Waals surface area contributed by atoms with Gasteiger partial charge >= 0.3 is 6.09 Å². The Labute approximate surface area is 242 Å². The summed E-state index contributed by atoms with van der Waals surface area (Å²) in [5.74, 6) is 1.05. The van der Waals surface area contributed by atoms with Gasteiger partial charge in [-0.25, -0.2) is 19.2 Å². The van der Waals surface area contributed by atoms with Crippen molar-refractivity contribution in [2.24, 2.45) is 5.41 Å². The third-order valence-corrected chi connectivity index (χ3v) is 8.62. The molecule has 1 amide bonds. The smallest absolute Gasteiger partial charge is 0.410 e. The lowest BCUT2D eigenvalue weighted by Gasteiger charge is -2.27. The molecule has 2 saturated heterocycles. The van der Waals surface area contributed by atoms with Gasteiger partial charge in [-0.15, -0.1) is 0 Å². The maximum absolute atomic E-state index is 14.6. The first-order valence-corrected chi connectivity index (χ1v) is 14.7. The molecule has 1 atom stereocenters. The van der Waals surface area contributed by atoms with Gasteiger partial charge in [0, 0.05) is 43.4 Å². The standard InChI is InChI=1S/C34H39FN4O2/c1-22(2)24-8-6-7-9-25(24)27-16-23(35)10-11-26(27)28-17-29(28)30-18-36-21-37-31(30)38-14-12-34(19-38)13-15-39(20-34)32(40)41-33(3,4)5/h6-11,16,18,21-22H,12-15,17,19-20H2,1-5H3. The second-order valence-electron chi connectivity index (χ2n) is 13.1. The van der Waals surface area contributed by atoms with Crippen LogP contribution in [0.3, 0.4) is 0 Å². The van der Waals surface area contributed by atoms with Gasteiger partial charge in [-0.05, 0) is 91.5 Å². The van der Waals surface area contributed by atoms with E-state index in [0.717, 1.165) is 67.0 Å². The number of aromatic nitrogens is 2. The molecule has 3 heterocycles. The van der Waals surface area contributed by atoms with Crippen LogP contribution in [0.1, 0.15) is 76.5 Å². The zero-order valence-corrected chi connectivity index (χ0v) is 24.7. The molecule has 0 bridgehead atoms. The first kappa shape index (κ1) is 27.4. The van der Waals surface area contributed by atoms with Gasteiger partial charge in [0.2, 0.25) is 0 Å². The Morgan fingerprint density at radius 3 is 2.51 bits per heavy atom. The van der Waals surface area contributed by atoms with Gasteiger partial charge in [0.05, 0.1) is 0 Å². The topological polar surface area (TPSA) is 58.6 Å². The summed E-state index contributed by atoms with van der Waals surface area (Å²) in [6.07, 6.45) is 6.12. The fourth-order valence-corrected chi connectivity index (χ4v) is 6.55. The lowest BCUT2D eigenvalue weighted by molar-refractivity contribution is 0.0276. The number of ether oxygens (including phenoxy) is 1. The largest absolute Gasteiger partial charge is 0.444 e. The third-order valence-electron chi connectivity index (χ3n) is 8.62. The highest BCUT2D eigenvalue weighted by Crippen LogP contribution is 2.52. The first-order valence-electron chi connectivity index (χ1n) is 14.7. The third kappa shape index (κ3) is 5.46. The molecule has 3 aromatic rings. The molecule has 6 nitrogen and oxygen atoms in total. The Bertz CT molecular complexity index is 1530. The van der Waals surface area contributed by atoms with Crippen molar-refractivity contribution in [2.75, 3.05) is 31.1 Å². The molecule has 1 aromatic heterocycles. The first-order chi connectivity index (χ1) is 19.5. The quantitative estimate of drug-likeness (QED) is 0.326. The summed E-state index contributed by atoms with van der Waals surface area (Å²) >= 11 is 0. The minimum absolute atomic E-state index is 0.0462. The summed E-state index contributed by atoms with van der Waals surface area (Å²) in [6.45, 7) is 13.2. The van der Waals surface area contributed by atoms with E-state index in [2.05, 4.69) is 35.9 Å². The molecule has 0 saturated carbocycles. The number of anilines is 1. The number of benzene rings is 2. The number of amides is 1. The van der Waals surface area contributed by atoms with Crippen molar-refractivity contribution in [1.29, 1.82) is 0 Å². The lowest BCUT2D eigenvalue weighted by Crippen LogP contribution is -2.37. The number of hydrogen-bond acceptors (Lipinski definition) is 5. The van der Waals surface area contributed by atoms with E-state index in [4.69, 9.17) is 9.72 Å². The molecule has 3 aliphatic rings. The number of carbonyl (C=O) groups is 1. The normalized spacial score (nSPS) is 20.5. The van der Waals surface area contributed by atoms with E-state index in [1.807, 2.05) is 50.1 Å². The molecule has 41 heavy (non-hydrogen) atoms. The van der Waals surface area contributed by atoms with E-state index < -0.39 is 5.60 Å². The van der Waals surface area contributed by atoms with Gasteiger partial charge in [0.25, 0.3) is 0 Å². The fraction of sp³-hybridized carbons (Fsp3) is 0.441. The van der Waals surface area contributed by atoms with E-state index in [9.17, 15) is 9.18 Å². The summed E-state index contributed by atoms with van der Waals surface area (Å²) in [6, 6.07) is 13.5.